The van der Waals surface area contributed by atoms with Crippen LogP contribution in [0.3, 0.4) is 0 Å². The van der Waals surface area contributed by atoms with E-state index in [1.165, 1.54) is 13.0 Å². The van der Waals surface area contributed by atoms with E-state index >= 15 is 0 Å². The smallest absolute Gasteiger partial charge is 0.303 e. The molecule has 4 aromatic carbocycles. The fraction of sp³-hybridized carbons (Fsp3) is 0.283. The minimum atomic E-state index is -1.01. The number of aromatic amines is 2. The number of likely N-dealkylation sites (tertiary alicyclic amines) is 2. The molecule has 4 heterocycles. The summed E-state index contributed by atoms with van der Waals surface area (Å²) in [6.45, 7) is 2.45. The minimum absolute atomic E-state index is 0.138. The molecule has 0 aliphatic carbocycles. The molecule has 296 valence electrons. The van der Waals surface area contributed by atoms with Crippen molar-refractivity contribution in [2.75, 3.05) is 27.2 Å². The number of amides is 2. The SMILES string of the molecule is CC(=O)O[C@H](C(=O)N1CCC[C@H]1c1ncc(-c2ccc(-c3ccc(-c4cnc([C@@H]5CCCN5C(=O)[C@@H](c5ccccc5F)N(C)C)[nH]4)cc3)cc2)[nH]1)c1ccccc1. The lowest BCUT2D eigenvalue weighted by molar-refractivity contribution is -0.159. The van der Waals surface area contributed by atoms with Gasteiger partial charge in [-0.2, -0.15) is 0 Å². The van der Waals surface area contributed by atoms with Gasteiger partial charge in [0.05, 0.1) is 35.9 Å². The molecular weight excluding hydrogens is 734 g/mol. The predicted molar refractivity (Wildman–Crippen MR) is 218 cm³/mol. The average molecular weight is 780 g/mol. The van der Waals surface area contributed by atoms with Gasteiger partial charge in [-0.3, -0.25) is 19.3 Å². The highest BCUT2D eigenvalue weighted by atomic mass is 19.1. The van der Waals surface area contributed by atoms with Crippen LogP contribution < -0.4 is 0 Å². The summed E-state index contributed by atoms with van der Waals surface area (Å²) in [4.78, 5) is 61.3. The molecule has 2 amide bonds. The van der Waals surface area contributed by atoms with Gasteiger partial charge in [0.2, 0.25) is 12.0 Å². The Kier molecular flexibility index (Phi) is 11.0. The zero-order chi connectivity index (χ0) is 40.3. The molecule has 12 heteroatoms. The molecule has 0 radical (unpaired) electrons. The van der Waals surface area contributed by atoms with E-state index in [0.717, 1.165) is 65.1 Å². The number of nitrogens with zero attached hydrogens (tertiary/aromatic N) is 5. The Bertz CT molecular complexity index is 2390. The van der Waals surface area contributed by atoms with Crippen LogP contribution in [0.2, 0.25) is 0 Å². The van der Waals surface area contributed by atoms with E-state index in [9.17, 15) is 18.8 Å². The van der Waals surface area contributed by atoms with Crippen molar-refractivity contribution in [3.05, 3.63) is 144 Å². The summed E-state index contributed by atoms with van der Waals surface area (Å²) >= 11 is 0. The van der Waals surface area contributed by atoms with Crippen LogP contribution in [-0.4, -0.2) is 79.6 Å². The number of H-pyrrole nitrogens is 2. The standard InChI is InChI=1S/C46H46FN7O4/c1-29(55)58-42(34-11-5-4-6-12-34)46(57)54-26-10-16-40(54)44-49-28-38(51-44)33-23-19-31(20-24-33)30-17-21-32(22-18-30)37-27-48-43(50-37)39-15-9-25-53(39)45(56)41(52(2)3)35-13-7-8-14-36(35)47/h4-8,11-14,17-24,27-28,39-42H,9-10,15-16,25-26H2,1-3H3,(H,48,50)(H,49,51)/t39-,40-,41+,42-/m0/s1. The number of carbonyl (C=O) groups is 3. The maximum Gasteiger partial charge on any atom is 0.303 e. The van der Waals surface area contributed by atoms with Gasteiger partial charge >= 0.3 is 5.97 Å². The summed E-state index contributed by atoms with van der Waals surface area (Å²) in [6.07, 6.45) is 5.78. The number of aromatic nitrogens is 4. The van der Waals surface area contributed by atoms with E-state index in [1.807, 2.05) is 35.2 Å². The number of esters is 1. The molecule has 2 N–H and O–H groups in total. The summed E-state index contributed by atoms with van der Waals surface area (Å²) < 4.78 is 20.3. The first kappa shape index (κ1) is 38.5. The number of halogens is 1. The number of hydrogen-bond acceptors (Lipinski definition) is 7. The van der Waals surface area contributed by atoms with Crippen molar-refractivity contribution in [2.24, 2.45) is 0 Å². The summed E-state index contributed by atoms with van der Waals surface area (Å²) in [5, 5.41) is 0. The number of nitrogens with one attached hydrogen (secondary N) is 2. The van der Waals surface area contributed by atoms with Crippen molar-refractivity contribution >= 4 is 17.8 Å². The Morgan fingerprint density at radius 3 is 1.67 bits per heavy atom. The van der Waals surface area contributed by atoms with Crippen molar-refractivity contribution in [2.45, 2.75) is 56.8 Å². The molecule has 2 aliphatic heterocycles. The van der Waals surface area contributed by atoms with Gasteiger partial charge in [-0.05, 0) is 68.1 Å². The molecule has 6 aromatic rings. The van der Waals surface area contributed by atoms with E-state index in [2.05, 4.69) is 51.4 Å². The number of carbonyl (C=O) groups excluding carboxylic acids is 3. The van der Waals surface area contributed by atoms with E-state index in [4.69, 9.17) is 9.72 Å². The number of hydrogen-bond donors (Lipinski definition) is 2. The van der Waals surface area contributed by atoms with Crippen LogP contribution in [0.15, 0.2) is 116 Å². The van der Waals surface area contributed by atoms with Gasteiger partial charge in [0.1, 0.15) is 23.5 Å². The van der Waals surface area contributed by atoms with Crippen molar-refractivity contribution in [1.82, 2.24) is 34.6 Å². The van der Waals surface area contributed by atoms with Gasteiger partial charge in [0, 0.05) is 31.1 Å². The summed E-state index contributed by atoms with van der Waals surface area (Å²) in [5.74, 6) is 0.125. The summed E-state index contributed by atoms with van der Waals surface area (Å²) in [5.41, 5.74) is 6.75. The molecule has 2 saturated heterocycles. The first-order chi connectivity index (χ1) is 28.2. The molecule has 2 aromatic heterocycles. The van der Waals surface area contributed by atoms with Gasteiger partial charge in [-0.15, -0.1) is 0 Å². The summed E-state index contributed by atoms with van der Waals surface area (Å²) in [7, 11) is 3.60. The second-order valence-corrected chi connectivity index (χ2v) is 15.2. The molecule has 0 saturated carbocycles. The molecule has 2 fully saturated rings. The lowest BCUT2D eigenvalue weighted by atomic mass is 10.0. The topological polar surface area (TPSA) is 128 Å². The lowest BCUT2D eigenvalue weighted by Crippen LogP contribution is -2.40. The van der Waals surface area contributed by atoms with Crippen LogP contribution in [0.1, 0.15) is 79.6 Å². The Morgan fingerprint density at radius 2 is 1.17 bits per heavy atom. The van der Waals surface area contributed by atoms with Crippen molar-refractivity contribution in [1.29, 1.82) is 0 Å². The second kappa shape index (κ2) is 16.6. The van der Waals surface area contributed by atoms with Gasteiger partial charge in [-0.25, -0.2) is 14.4 Å². The fourth-order valence-electron chi connectivity index (χ4n) is 8.31. The lowest BCUT2D eigenvalue weighted by Gasteiger charge is -2.31. The monoisotopic (exact) mass is 779 g/mol. The zero-order valence-electron chi connectivity index (χ0n) is 32.8. The van der Waals surface area contributed by atoms with E-state index < -0.39 is 23.9 Å². The maximum atomic E-state index is 14.8. The largest absolute Gasteiger partial charge is 0.447 e. The third-order valence-electron chi connectivity index (χ3n) is 11.2. The molecule has 0 unspecified atom stereocenters. The van der Waals surface area contributed by atoms with Crippen LogP contribution >= 0.6 is 0 Å². The molecule has 4 atom stereocenters. The fourth-order valence-corrected chi connectivity index (χ4v) is 8.31. The minimum Gasteiger partial charge on any atom is -0.447 e. The van der Waals surface area contributed by atoms with Gasteiger partial charge in [0.15, 0.2) is 0 Å². The first-order valence-electron chi connectivity index (χ1n) is 19.7. The van der Waals surface area contributed by atoms with Crippen LogP contribution in [0, 0.1) is 5.82 Å². The zero-order valence-corrected chi connectivity index (χ0v) is 32.8. The molecule has 2 aliphatic rings. The van der Waals surface area contributed by atoms with Crippen LogP contribution in [0.5, 0.6) is 0 Å². The number of ether oxygens (including phenoxy) is 1. The van der Waals surface area contributed by atoms with E-state index in [0.29, 0.717) is 30.0 Å². The third-order valence-corrected chi connectivity index (χ3v) is 11.2. The maximum absolute atomic E-state index is 14.8. The molecule has 11 nitrogen and oxygen atoms in total. The molecule has 8 rings (SSSR count). The van der Waals surface area contributed by atoms with Gasteiger partial charge in [0.25, 0.3) is 5.91 Å². The van der Waals surface area contributed by atoms with Crippen molar-refractivity contribution < 1.29 is 23.5 Å². The first-order valence-corrected chi connectivity index (χ1v) is 19.7. The highest BCUT2D eigenvalue weighted by Crippen LogP contribution is 2.37. The molecular formula is C46H46FN7O4. The van der Waals surface area contributed by atoms with Crippen LogP contribution in [0.25, 0.3) is 33.6 Å². The van der Waals surface area contributed by atoms with Crippen molar-refractivity contribution in [3.8, 4) is 33.6 Å². The third kappa shape index (κ3) is 7.79. The Hall–Kier alpha value is -6.40. The van der Waals surface area contributed by atoms with Crippen LogP contribution in [0.4, 0.5) is 4.39 Å². The number of rotatable bonds is 11. The predicted octanol–water partition coefficient (Wildman–Crippen LogP) is 8.21. The molecule has 0 bridgehead atoms. The number of likely N-dealkylation sites (N-methyl/N-ethyl adjacent to an activating group) is 1. The number of imidazole rings is 2. The molecule has 58 heavy (non-hydrogen) atoms. The Labute approximate surface area is 336 Å². The number of benzene rings is 4. The average Bonchev–Trinajstić information content (AvgIpc) is 4.08. The van der Waals surface area contributed by atoms with Crippen molar-refractivity contribution in [3.63, 3.8) is 0 Å². The quantitative estimate of drug-likeness (QED) is 0.127. The summed E-state index contributed by atoms with van der Waals surface area (Å²) in [6, 6.07) is 30.8. The highest BCUT2D eigenvalue weighted by molar-refractivity contribution is 5.85. The van der Waals surface area contributed by atoms with Crippen LogP contribution in [-0.2, 0) is 19.1 Å². The Balaban J connectivity index is 0.932. The normalized spacial score (nSPS) is 17.7. The second-order valence-electron chi connectivity index (χ2n) is 15.2. The Morgan fingerprint density at radius 1 is 0.690 bits per heavy atom. The van der Waals surface area contributed by atoms with Gasteiger partial charge < -0.3 is 24.5 Å². The van der Waals surface area contributed by atoms with E-state index in [-0.39, 0.29) is 23.9 Å². The van der Waals surface area contributed by atoms with Gasteiger partial charge in [-0.1, -0.05) is 97.1 Å². The van der Waals surface area contributed by atoms with E-state index in [1.54, 1.807) is 66.6 Å². The highest BCUT2D eigenvalue weighted by Gasteiger charge is 2.39. The molecule has 0 spiro atoms.